The van der Waals surface area contributed by atoms with E-state index < -0.39 is 17.6 Å². The van der Waals surface area contributed by atoms with E-state index in [-0.39, 0.29) is 5.91 Å². The number of benzene rings is 1. The van der Waals surface area contributed by atoms with Crippen LogP contribution >= 0.6 is 11.6 Å². The van der Waals surface area contributed by atoms with Crippen LogP contribution in [0.4, 0.5) is 0 Å². The smallest absolute Gasteiger partial charge is 0.233 e. The highest BCUT2D eigenvalue weighted by Gasteiger charge is 2.51. The molecule has 2 aliphatic carbocycles. The van der Waals surface area contributed by atoms with E-state index in [0.717, 1.165) is 24.8 Å². The average molecular weight is 350 g/mol. The maximum Gasteiger partial charge on any atom is 0.233 e. The Kier molecular flexibility index (Phi) is 4.10. The standard InChI is InChI=1S/C19H24ClNO3/c20-15-4-2-14(3-5-15)19(6-1-7-19)18(24)21-10-12-8-16(22)17(23)9-13(12)11-21/h2-5,12-13,16-17,22-23H,1,6-11H2/t12-,13+,16+,17-. The topological polar surface area (TPSA) is 60.8 Å². The third-order valence-corrected chi connectivity index (χ3v) is 6.66. The number of rotatable bonds is 2. The Labute approximate surface area is 147 Å². The molecule has 0 unspecified atom stereocenters. The predicted octanol–water partition coefficient (Wildman–Crippen LogP) is 2.35. The lowest BCUT2D eigenvalue weighted by Crippen LogP contribution is -2.50. The molecule has 3 aliphatic rings. The van der Waals surface area contributed by atoms with Gasteiger partial charge >= 0.3 is 0 Å². The number of hydrogen-bond acceptors (Lipinski definition) is 3. The number of nitrogens with zero attached hydrogens (tertiary/aromatic N) is 1. The summed E-state index contributed by atoms with van der Waals surface area (Å²) in [6.07, 6.45) is 2.78. The largest absolute Gasteiger partial charge is 0.390 e. The van der Waals surface area contributed by atoms with Gasteiger partial charge in [-0.3, -0.25) is 4.79 Å². The second-order valence-corrected chi connectivity index (χ2v) is 8.22. The molecule has 0 aromatic heterocycles. The van der Waals surface area contributed by atoms with Crippen molar-refractivity contribution in [3.63, 3.8) is 0 Å². The highest BCUT2D eigenvalue weighted by molar-refractivity contribution is 6.30. The third-order valence-electron chi connectivity index (χ3n) is 6.41. The van der Waals surface area contributed by atoms with Crippen molar-refractivity contribution in [2.45, 2.75) is 49.7 Å². The molecular weight excluding hydrogens is 326 g/mol. The summed E-state index contributed by atoms with van der Waals surface area (Å²) in [6.45, 7) is 1.42. The molecule has 2 N–H and O–H groups in total. The van der Waals surface area contributed by atoms with Gasteiger partial charge in [-0.25, -0.2) is 0 Å². The fraction of sp³-hybridized carbons (Fsp3) is 0.632. The highest BCUT2D eigenvalue weighted by atomic mass is 35.5. The van der Waals surface area contributed by atoms with Crippen molar-refractivity contribution in [2.75, 3.05) is 13.1 Å². The van der Waals surface area contributed by atoms with Crippen LogP contribution in [0.25, 0.3) is 0 Å². The zero-order valence-corrected chi connectivity index (χ0v) is 14.5. The van der Waals surface area contributed by atoms with Crippen molar-refractivity contribution in [1.29, 1.82) is 0 Å². The van der Waals surface area contributed by atoms with Gasteiger partial charge in [-0.15, -0.1) is 0 Å². The first kappa shape index (κ1) is 16.4. The lowest BCUT2D eigenvalue weighted by Gasteiger charge is -2.43. The second-order valence-electron chi connectivity index (χ2n) is 7.78. The third kappa shape index (κ3) is 2.56. The first-order chi connectivity index (χ1) is 11.5. The Bertz CT molecular complexity index is 610. The summed E-state index contributed by atoms with van der Waals surface area (Å²) in [5, 5.41) is 20.5. The lowest BCUT2D eigenvalue weighted by molar-refractivity contribution is -0.140. The van der Waals surface area contributed by atoms with E-state index in [9.17, 15) is 15.0 Å². The van der Waals surface area contributed by atoms with Crippen LogP contribution in [0.15, 0.2) is 24.3 Å². The van der Waals surface area contributed by atoms with Gasteiger partial charge in [0.25, 0.3) is 0 Å². The predicted molar refractivity (Wildman–Crippen MR) is 91.8 cm³/mol. The van der Waals surface area contributed by atoms with Crippen LogP contribution in [0.2, 0.25) is 5.02 Å². The van der Waals surface area contributed by atoms with Gasteiger partial charge in [0.05, 0.1) is 17.6 Å². The molecule has 3 fully saturated rings. The Morgan fingerprint density at radius 3 is 2.04 bits per heavy atom. The van der Waals surface area contributed by atoms with Crippen LogP contribution in [-0.4, -0.2) is 46.3 Å². The summed E-state index contributed by atoms with van der Waals surface area (Å²) in [4.78, 5) is 15.3. The number of aliphatic hydroxyl groups is 2. The monoisotopic (exact) mass is 349 g/mol. The molecule has 1 aromatic rings. The zero-order chi connectivity index (χ0) is 16.9. The number of halogens is 1. The van der Waals surface area contributed by atoms with Gasteiger partial charge in [0, 0.05) is 18.1 Å². The fourth-order valence-corrected chi connectivity index (χ4v) is 4.93. The number of fused-ring (bicyclic) bond motifs is 1. The highest BCUT2D eigenvalue weighted by Crippen LogP contribution is 2.47. The Morgan fingerprint density at radius 1 is 1.04 bits per heavy atom. The number of amides is 1. The van der Waals surface area contributed by atoms with E-state index in [4.69, 9.17) is 11.6 Å². The van der Waals surface area contributed by atoms with Crippen LogP contribution in [0.1, 0.15) is 37.7 Å². The number of carbonyl (C=O) groups excluding carboxylic acids is 1. The molecule has 24 heavy (non-hydrogen) atoms. The minimum absolute atomic E-state index is 0.217. The summed E-state index contributed by atoms with van der Waals surface area (Å²) < 4.78 is 0. The SMILES string of the molecule is O=C(N1C[C@H]2C[C@H](O)[C@H](O)C[C@H]2C1)C1(c2ccc(Cl)cc2)CCC1. The van der Waals surface area contributed by atoms with Crippen LogP contribution in [-0.2, 0) is 10.2 Å². The lowest BCUT2D eigenvalue weighted by atomic mass is 9.63. The van der Waals surface area contributed by atoms with E-state index >= 15 is 0 Å². The van der Waals surface area contributed by atoms with Gasteiger partial charge in [-0.1, -0.05) is 30.2 Å². The van der Waals surface area contributed by atoms with Crippen LogP contribution in [0, 0.1) is 11.8 Å². The molecule has 4 atom stereocenters. The number of hydrogen-bond donors (Lipinski definition) is 2. The Balaban J connectivity index is 1.54. The summed E-state index contributed by atoms with van der Waals surface area (Å²) in [5.41, 5.74) is 0.674. The maximum atomic E-state index is 13.3. The average Bonchev–Trinajstić information content (AvgIpc) is 2.91. The molecule has 1 aliphatic heterocycles. The zero-order valence-electron chi connectivity index (χ0n) is 13.7. The van der Waals surface area contributed by atoms with Crippen LogP contribution in [0.5, 0.6) is 0 Å². The van der Waals surface area contributed by atoms with Crippen molar-refractivity contribution in [3.05, 3.63) is 34.9 Å². The molecule has 1 aromatic carbocycles. The normalized spacial score (nSPS) is 34.5. The number of likely N-dealkylation sites (tertiary alicyclic amines) is 1. The molecule has 0 spiro atoms. The summed E-state index contributed by atoms with van der Waals surface area (Å²) in [6, 6.07) is 7.69. The minimum Gasteiger partial charge on any atom is -0.390 e. The number of aliphatic hydroxyl groups excluding tert-OH is 2. The molecule has 2 saturated carbocycles. The van der Waals surface area contributed by atoms with Crippen molar-refractivity contribution < 1.29 is 15.0 Å². The van der Waals surface area contributed by atoms with Gasteiger partial charge in [-0.2, -0.15) is 0 Å². The molecule has 130 valence electrons. The van der Waals surface area contributed by atoms with E-state index in [0.29, 0.717) is 42.8 Å². The quantitative estimate of drug-likeness (QED) is 0.861. The van der Waals surface area contributed by atoms with E-state index in [1.165, 1.54) is 0 Å². The van der Waals surface area contributed by atoms with E-state index in [1.54, 1.807) is 0 Å². The maximum absolute atomic E-state index is 13.3. The van der Waals surface area contributed by atoms with Gasteiger partial charge < -0.3 is 15.1 Å². The molecule has 0 radical (unpaired) electrons. The van der Waals surface area contributed by atoms with Crippen molar-refractivity contribution in [1.82, 2.24) is 4.90 Å². The van der Waals surface area contributed by atoms with Crippen molar-refractivity contribution >= 4 is 17.5 Å². The number of carbonyl (C=O) groups is 1. The van der Waals surface area contributed by atoms with Gasteiger partial charge in [0.1, 0.15) is 0 Å². The summed E-state index contributed by atoms with van der Waals surface area (Å²) in [7, 11) is 0. The summed E-state index contributed by atoms with van der Waals surface area (Å²) in [5.74, 6) is 0.846. The van der Waals surface area contributed by atoms with Crippen molar-refractivity contribution in [2.24, 2.45) is 11.8 Å². The molecule has 1 amide bonds. The second kappa shape index (κ2) is 6.01. The van der Waals surface area contributed by atoms with E-state index in [2.05, 4.69) is 0 Å². The van der Waals surface area contributed by atoms with Gasteiger partial charge in [-0.05, 0) is 55.2 Å². The molecule has 4 nitrogen and oxygen atoms in total. The molecule has 4 rings (SSSR count). The minimum atomic E-state index is -0.643. The molecule has 1 heterocycles. The van der Waals surface area contributed by atoms with Gasteiger partial charge in [0.2, 0.25) is 5.91 Å². The summed E-state index contributed by atoms with van der Waals surface area (Å²) >= 11 is 6.00. The molecule has 5 heteroatoms. The van der Waals surface area contributed by atoms with Gasteiger partial charge in [0.15, 0.2) is 0 Å². The Morgan fingerprint density at radius 2 is 1.58 bits per heavy atom. The van der Waals surface area contributed by atoms with Crippen LogP contribution < -0.4 is 0 Å². The fourth-order valence-electron chi connectivity index (χ4n) is 4.80. The first-order valence-electron chi connectivity index (χ1n) is 8.91. The van der Waals surface area contributed by atoms with Crippen molar-refractivity contribution in [3.8, 4) is 0 Å². The molecular formula is C19H24ClNO3. The molecule has 0 bridgehead atoms. The first-order valence-corrected chi connectivity index (χ1v) is 9.29. The van der Waals surface area contributed by atoms with Crippen LogP contribution in [0.3, 0.4) is 0 Å². The molecule has 1 saturated heterocycles. The Hall–Kier alpha value is -1.10. The van der Waals surface area contributed by atoms with E-state index in [1.807, 2.05) is 29.2 Å².